The molecule has 0 unspecified atom stereocenters. The van der Waals surface area contributed by atoms with E-state index in [1.807, 2.05) is 49.4 Å². The van der Waals surface area contributed by atoms with Crippen LogP contribution in [0.4, 0.5) is 9.18 Å². The molecule has 0 atom stereocenters. The van der Waals surface area contributed by atoms with Crippen LogP contribution in [0, 0.1) is 18.3 Å². The van der Waals surface area contributed by atoms with Crippen molar-refractivity contribution in [1.82, 2.24) is 10.2 Å². The highest BCUT2D eigenvalue weighted by molar-refractivity contribution is 6.32. The standard InChI is InChI=1S/C38H37ClFN3O7/c1-25-30(7-4-8-32(25)29-9-10-34-37(19-29)47-16-15-46-34)24-50-36-20-35(49-23-28-6-3-5-27(17-28)21-41)31(18-33(36)39)22-43(13-12-42-26(2)44)38(45)48-14-11-40/h3-10,17-20H,11-16,22-24H2,1-2H3,(H,42,44). The van der Waals surface area contributed by atoms with Crippen LogP contribution in [0.2, 0.25) is 5.02 Å². The Morgan fingerprint density at radius 1 is 0.960 bits per heavy atom. The number of ether oxygens (including phenoxy) is 5. The summed E-state index contributed by atoms with van der Waals surface area (Å²) in [6.45, 7) is 3.70. The fourth-order valence-corrected chi connectivity index (χ4v) is 5.62. The van der Waals surface area contributed by atoms with E-state index in [1.165, 1.54) is 11.8 Å². The van der Waals surface area contributed by atoms with Gasteiger partial charge < -0.3 is 33.9 Å². The van der Waals surface area contributed by atoms with Gasteiger partial charge >= 0.3 is 6.09 Å². The minimum atomic E-state index is -0.835. The number of nitriles is 1. The third-order valence-corrected chi connectivity index (χ3v) is 8.22. The maximum Gasteiger partial charge on any atom is 0.410 e. The third-order valence-electron chi connectivity index (χ3n) is 7.93. The molecule has 1 aliphatic rings. The first-order chi connectivity index (χ1) is 24.2. The maximum atomic E-state index is 12.9. The predicted molar refractivity (Wildman–Crippen MR) is 185 cm³/mol. The molecule has 5 rings (SSSR count). The summed E-state index contributed by atoms with van der Waals surface area (Å²) in [6.07, 6.45) is -0.759. The maximum absolute atomic E-state index is 12.9. The highest BCUT2D eigenvalue weighted by atomic mass is 35.5. The molecule has 0 aromatic heterocycles. The Kier molecular flexibility index (Phi) is 12.4. The highest BCUT2D eigenvalue weighted by Gasteiger charge is 2.21. The van der Waals surface area contributed by atoms with Crippen molar-refractivity contribution in [2.45, 2.75) is 33.6 Å². The van der Waals surface area contributed by atoms with Crippen LogP contribution in [0.15, 0.2) is 72.8 Å². The Morgan fingerprint density at radius 2 is 1.74 bits per heavy atom. The number of nitrogens with zero attached hydrogens (tertiary/aromatic N) is 2. The van der Waals surface area contributed by atoms with E-state index < -0.39 is 19.4 Å². The van der Waals surface area contributed by atoms with Gasteiger partial charge in [0, 0.05) is 31.6 Å². The van der Waals surface area contributed by atoms with Gasteiger partial charge in [0.15, 0.2) is 11.5 Å². The van der Waals surface area contributed by atoms with Crippen LogP contribution in [0.3, 0.4) is 0 Å². The monoisotopic (exact) mass is 701 g/mol. The molecule has 2 amide bonds. The molecule has 0 aliphatic carbocycles. The van der Waals surface area contributed by atoms with Crippen molar-refractivity contribution in [2.75, 3.05) is 39.6 Å². The predicted octanol–water partition coefficient (Wildman–Crippen LogP) is 7.16. The minimum Gasteiger partial charge on any atom is -0.488 e. The average Bonchev–Trinajstić information content (AvgIpc) is 3.12. The van der Waals surface area contributed by atoms with E-state index in [-0.39, 0.29) is 43.8 Å². The number of hydrogen-bond donors (Lipinski definition) is 1. The molecule has 1 heterocycles. The molecule has 0 radical (unpaired) electrons. The van der Waals surface area contributed by atoms with E-state index in [0.29, 0.717) is 41.6 Å². The van der Waals surface area contributed by atoms with Crippen molar-refractivity contribution in [1.29, 1.82) is 5.26 Å². The summed E-state index contributed by atoms with van der Waals surface area (Å²) < 4.78 is 41.9. The fourth-order valence-electron chi connectivity index (χ4n) is 5.38. The van der Waals surface area contributed by atoms with Gasteiger partial charge in [-0.15, -0.1) is 0 Å². The minimum absolute atomic E-state index is 0.0189. The number of fused-ring (bicyclic) bond motifs is 1. The van der Waals surface area contributed by atoms with Crippen LogP contribution >= 0.6 is 11.6 Å². The topological polar surface area (TPSA) is 119 Å². The fraction of sp³-hybridized carbons (Fsp3) is 0.289. The molecule has 0 fully saturated rings. The number of benzene rings is 4. The number of rotatable bonds is 14. The molecule has 0 saturated carbocycles. The first kappa shape index (κ1) is 35.8. The van der Waals surface area contributed by atoms with Crippen LogP contribution in [0.5, 0.6) is 23.0 Å². The van der Waals surface area contributed by atoms with E-state index in [4.69, 9.17) is 35.3 Å². The molecule has 260 valence electrons. The molecule has 4 aromatic rings. The number of hydrogen-bond acceptors (Lipinski definition) is 8. The Labute approximate surface area is 295 Å². The van der Waals surface area contributed by atoms with Crippen molar-refractivity contribution < 1.29 is 37.7 Å². The summed E-state index contributed by atoms with van der Waals surface area (Å²) in [4.78, 5) is 25.7. The Morgan fingerprint density at radius 3 is 2.52 bits per heavy atom. The van der Waals surface area contributed by atoms with Gasteiger partial charge in [-0.25, -0.2) is 9.18 Å². The molecular formula is C38H37ClFN3O7. The smallest absolute Gasteiger partial charge is 0.410 e. The van der Waals surface area contributed by atoms with Gasteiger partial charge in [0.1, 0.15) is 51.2 Å². The second-order valence-electron chi connectivity index (χ2n) is 11.4. The van der Waals surface area contributed by atoms with Crippen LogP contribution in [-0.2, 0) is 29.3 Å². The van der Waals surface area contributed by atoms with Gasteiger partial charge in [-0.05, 0) is 65.1 Å². The quantitative estimate of drug-likeness (QED) is 0.147. The number of halogens is 2. The summed E-state index contributed by atoms with van der Waals surface area (Å²) >= 11 is 6.77. The van der Waals surface area contributed by atoms with Gasteiger partial charge in [-0.2, -0.15) is 5.26 Å². The Balaban J connectivity index is 1.40. The Bertz CT molecular complexity index is 1880. The van der Waals surface area contributed by atoms with E-state index in [0.717, 1.165) is 33.6 Å². The van der Waals surface area contributed by atoms with Crippen molar-refractivity contribution in [3.8, 4) is 40.2 Å². The lowest BCUT2D eigenvalue weighted by molar-refractivity contribution is -0.119. The van der Waals surface area contributed by atoms with Gasteiger partial charge in [0.25, 0.3) is 0 Å². The molecular weight excluding hydrogens is 665 g/mol. The number of carbonyl (C=O) groups excluding carboxylic acids is 2. The summed E-state index contributed by atoms with van der Waals surface area (Å²) in [5.74, 6) is 1.89. The zero-order chi connectivity index (χ0) is 35.5. The second-order valence-corrected chi connectivity index (χ2v) is 11.8. The average molecular weight is 702 g/mol. The molecule has 10 nitrogen and oxygen atoms in total. The van der Waals surface area contributed by atoms with Crippen LogP contribution in [-0.4, -0.2) is 56.5 Å². The number of nitrogens with one attached hydrogen (secondary N) is 1. The van der Waals surface area contributed by atoms with E-state index >= 15 is 0 Å². The molecule has 4 aromatic carbocycles. The van der Waals surface area contributed by atoms with Crippen molar-refractivity contribution in [2.24, 2.45) is 0 Å². The molecule has 0 bridgehead atoms. The highest BCUT2D eigenvalue weighted by Crippen LogP contribution is 2.38. The summed E-state index contributed by atoms with van der Waals surface area (Å²) in [7, 11) is 0. The van der Waals surface area contributed by atoms with Crippen LogP contribution < -0.4 is 24.3 Å². The van der Waals surface area contributed by atoms with Crippen molar-refractivity contribution >= 4 is 23.6 Å². The van der Waals surface area contributed by atoms with Gasteiger partial charge in [-0.3, -0.25) is 4.79 Å². The SMILES string of the molecule is CC(=O)NCCN(Cc1cc(Cl)c(OCc2cccc(-c3ccc4c(c3)OCCO4)c2C)cc1OCc1cccc(C#N)c1)C(=O)OCCF. The number of alkyl halides is 1. The van der Waals surface area contributed by atoms with Gasteiger partial charge in [0.05, 0.1) is 23.2 Å². The molecule has 1 aliphatic heterocycles. The van der Waals surface area contributed by atoms with Crippen molar-refractivity contribution in [3.05, 3.63) is 106 Å². The molecule has 0 spiro atoms. The summed E-state index contributed by atoms with van der Waals surface area (Å²) in [5, 5.41) is 12.3. The third kappa shape index (κ3) is 9.36. The second kappa shape index (κ2) is 17.3. The van der Waals surface area contributed by atoms with Crippen LogP contribution in [0.1, 0.15) is 34.7 Å². The lowest BCUT2D eigenvalue weighted by Crippen LogP contribution is -2.38. The van der Waals surface area contributed by atoms with Gasteiger partial charge in [0.2, 0.25) is 5.91 Å². The molecule has 50 heavy (non-hydrogen) atoms. The van der Waals surface area contributed by atoms with Crippen molar-refractivity contribution in [3.63, 3.8) is 0 Å². The first-order valence-electron chi connectivity index (χ1n) is 16.0. The van der Waals surface area contributed by atoms with Gasteiger partial charge in [-0.1, -0.05) is 48.0 Å². The lowest BCUT2D eigenvalue weighted by Gasteiger charge is -2.24. The molecule has 1 N–H and O–H groups in total. The zero-order valence-corrected chi connectivity index (χ0v) is 28.6. The summed E-state index contributed by atoms with van der Waals surface area (Å²) in [6, 6.07) is 24.3. The van der Waals surface area contributed by atoms with Crippen LogP contribution in [0.25, 0.3) is 11.1 Å². The number of carbonyl (C=O) groups is 2. The Hall–Kier alpha value is -5.47. The number of amides is 2. The zero-order valence-electron chi connectivity index (χ0n) is 27.8. The largest absolute Gasteiger partial charge is 0.488 e. The normalized spacial score (nSPS) is 11.7. The molecule has 12 heteroatoms. The first-order valence-corrected chi connectivity index (χ1v) is 16.4. The molecule has 0 saturated heterocycles. The lowest BCUT2D eigenvalue weighted by atomic mass is 9.96. The summed E-state index contributed by atoms with van der Waals surface area (Å²) in [5.41, 5.74) is 5.73. The van der Waals surface area contributed by atoms with E-state index in [1.54, 1.807) is 30.3 Å². The van der Waals surface area contributed by atoms with E-state index in [2.05, 4.69) is 11.4 Å². The van der Waals surface area contributed by atoms with E-state index in [9.17, 15) is 19.2 Å².